The molecule has 0 saturated carbocycles. The fraction of sp³-hybridized carbons (Fsp3) is 0.231. The summed E-state index contributed by atoms with van der Waals surface area (Å²) in [6, 6.07) is 7.44. The van der Waals surface area contributed by atoms with Crippen molar-refractivity contribution >= 4 is 18.3 Å². The lowest BCUT2D eigenvalue weighted by Crippen LogP contribution is -1.99. The summed E-state index contributed by atoms with van der Waals surface area (Å²) in [7, 11) is 0. The summed E-state index contributed by atoms with van der Waals surface area (Å²) in [6.45, 7) is 2.12. The summed E-state index contributed by atoms with van der Waals surface area (Å²) >= 11 is 0. The normalized spacial score (nSPS) is 10.3. The van der Waals surface area contributed by atoms with E-state index in [-0.39, 0.29) is 5.97 Å². The van der Waals surface area contributed by atoms with Crippen LogP contribution in [0.2, 0.25) is 0 Å². The maximum atomic E-state index is 11.1. The van der Waals surface area contributed by atoms with Crippen LogP contribution in [0.1, 0.15) is 18.1 Å². The average molecular weight is 218 g/mol. The van der Waals surface area contributed by atoms with E-state index in [1.807, 2.05) is 24.3 Å². The van der Waals surface area contributed by atoms with Crippen LogP contribution in [0.3, 0.4) is 0 Å². The molecular formula is C13H14O3. The highest BCUT2D eigenvalue weighted by Crippen LogP contribution is 2.10. The van der Waals surface area contributed by atoms with Gasteiger partial charge in [-0.2, -0.15) is 0 Å². The third kappa shape index (κ3) is 3.69. The van der Waals surface area contributed by atoms with Crippen LogP contribution >= 0.6 is 0 Å². The lowest BCUT2D eigenvalue weighted by Gasteiger charge is -2.01. The lowest BCUT2D eigenvalue weighted by molar-refractivity contribution is -0.137. The second-order valence-corrected chi connectivity index (χ2v) is 3.15. The van der Waals surface area contributed by atoms with Crippen LogP contribution < -0.4 is 0 Å². The van der Waals surface area contributed by atoms with E-state index in [1.54, 1.807) is 13.0 Å². The van der Waals surface area contributed by atoms with Gasteiger partial charge in [-0.15, -0.1) is 0 Å². The average Bonchev–Trinajstić information content (AvgIpc) is 2.29. The van der Waals surface area contributed by atoms with Gasteiger partial charge < -0.3 is 9.53 Å². The summed E-state index contributed by atoms with van der Waals surface area (Å²) in [5.74, 6) is -0.372. The SMILES string of the molecule is CCOC(=O)/C=C/c1ccccc1CC=O. The van der Waals surface area contributed by atoms with Crippen LogP contribution in [0.5, 0.6) is 0 Å². The summed E-state index contributed by atoms with van der Waals surface area (Å²) in [4.78, 5) is 21.6. The molecule has 0 aliphatic carbocycles. The number of esters is 1. The molecule has 0 aliphatic heterocycles. The first-order valence-electron chi connectivity index (χ1n) is 5.14. The number of rotatable bonds is 5. The molecule has 0 unspecified atom stereocenters. The molecule has 3 nitrogen and oxygen atoms in total. The van der Waals surface area contributed by atoms with Crippen molar-refractivity contribution < 1.29 is 14.3 Å². The highest BCUT2D eigenvalue weighted by atomic mass is 16.5. The fourth-order valence-corrected chi connectivity index (χ4v) is 1.32. The van der Waals surface area contributed by atoms with Gasteiger partial charge in [0.25, 0.3) is 0 Å². The van der Waals surface area contributed by atoms with Gasteiger partial charge in [-0.1, -0.05) is 24.3 Å². The van der Waals surface area contributed by atoms with Crippen LogP contribution in [0.15, 0.2) is 30.3 Å². The molecular weight excluding hydrogens is 204 g/mol. The lowest BCUT2D eigenvalue weighted by atomic mass is 10.0. The van der Waals surface area contributed by atoms with E-state index in [2.05, 4.69) is 0 Å². The van der Waals surface area contributed by atoms with Crippen LogP contribution in [0.4, 0.5) is 0 Å². The summed E-state index contributed by atoms with van der Waals surface area (Å²) < 4.78 is 4.77. The van der Waals surface area contributed by atoms with E-state index in [9.17, 15) is 9.59 Å². The first-order chi connectivity index (χ1) is 7.77. The molecule has 1 rings (SSSR count). The Labute approximate surface area is 94.7 Å². The molecule has 0 radical (unpaired) electrons. The minimum atomic E-state index is -0.372. The molecule has 1 aromatic rings. The molecule has 0 aliphatic rings. The zero-order valence-electron chi connectivity index (χ0n) is 9.18. The molecule has 0 aromatic heterocycles. The van der Waals surface area contributed by atoms with Gasteiger partial charge in [0.2, 0.25) is 0 Å². The Morgan fingerprint density at radius 3 is 2.81 bits per heavy atom. The molecule has 0 amide bonds. The molecule has 84 valence electrons. The van der Waals surface area contributed by atoms with Gasteiger partial charge in [-0.3, -0.25) is 0 Å². The van der Waals surface area contributed by atoms with Gasteiger partial charge in [0, 0.05) is 12.5 Å². The van der Waals surface area contributed by atoms with E-state index in [0.29, 0.717) is 13.0 Å². The zero-order valence-corrected chi connectivity index (χ0v) is 9.18. The van der Waals surface area contributed by atoms with Crippen LogP contribution in [-0.2, 0) is 20.7 Å². The Bertz CT molecular complexity index is 394. The van der Waals surface area contributed by atoms with Gasteiger partial charge in [-0.05, 0) is 24.1 Å². The van der Waals surface area contributed by atoms with Crippen molar-refractivity contribution in [1.29, 1.82) is 0 Å². The molecule has 1 aromatic carbocycles. The van der Waals surface area contributed by atoms with Gasteiger partial charge in [0.05, 0.1) is 6.61 Å². The highest BCUT2D eigenvalue weighted by molar-refractivity contribution is 5.87. The van der Waals surface area contributed by atoms with Crippen LogP contribution in [-0.4, -0.2) is 18.9 Å². The minimum absolute atomic E-state index is 0.351. The maximum absolute atomic E-state index is 11.1. The Hall–Kier alpha value is -1.90. The van der Waals surface area contributed by atoms with E-state index in [1.165, 1.54) is 6.08 Å². The number of aldehydes is 1. The van der Waals surface area contributed by atoms with Crippen LogP contribution in [0, 0.1) is 0 Å². The third-order valence-corrected chi connectivity index (χ3v) is 2.04. The Morgan fingerprint density at radius 1 is 1.38 bits per heavy atom. The zero-order chi connectivity index (χ0) is 11.8. The van der Waals surface area contributed by atoms with E-state index >= 15 is 0 Å². The maximum Gasteiger partial charge on any atom is 0.330 e. The number of benzene rings is 1. The number of carbonyl (C=O) groups excluding carboxylic acids is 2. The number of ether oxygens (including phenoxy) is 1. The van der Waals surface area contributed by atoms with Crippen LogP contribution in [0.25, 0.3) is 6.08 Å². The molecule has 0 spiro atoms. The van der Waals surface area contributed by atoms with Crippen molar-refractivity contribution in [3.8, 4) is 0 Å². The molecule has 0 saturated heterocycles. The third-order valence-electron chi connectivity index (χ3n) is 2.04. The Balaban J connectivity index is 2.79. The molecule has 0 bridgehead atoms. The number of hydrogen-bond donors (Lipinski definition) is 0. The molecule has 16 heavy (non-hydrogen) atoms. The summed E-state index contributed by atoms with van der Waals surface area (Å²) in [5.41, 5.74) is 1.76. The van der Waals surface area contributed by atoms with Crippen molar-refractivity contribution in [2.24, 2.45) is 0 Å². The Kier molecular flexibility index (Phi) is 4.99. The smallest absolute Gasteiger partial charge is 0.330 e. The fourth-order valence-electron chi connectivity index (χ4n) is 1.32. The van der Waals surface area contributed by atoms with Gasteiger partial charge in [-0.25, -0.2) is 4.79 Å². The summed E-state index contributed by atoms with van der Waals surface area (Å²) in [5, 5.41) is 0. The molecule has 0 N–H and O–H groups in total. The van der Waals surface area contributed by atoms with Crippen molar-refractivity contribution in [3.63, 3.8) is 0 Å². The summed E-state index contributed by atoms with van der Waals surface area (Å²) in [6.07, 6.45) is 4.23. The molecule has 0 atom stereocenters. The predicted octanol–water partition coefficient (Wildman–Crippen LogP) is 2.00. The quantitative estimate of drug-likeness (QED) is 0.431. The second-order valence-electron chi connectivity index (χ2n) is 3.15. The first-order valence-corrected chi connectivity index (χ1v) is 5.14. The standard InChI is InChI=1S/C13H14O3/c1-2-16-13(15)8-7-11-5-3-4-6-12(11)9-10-14/h3-8,10H,2,9H2,1H3/b8-7+. The monoisotopic (exact) mass is 218 g/mol. The second kappa shape index (κ2) is 6.56. The van der Waals surface area contributed by atoms with Crippen molar-refractivity contribution in [3.05, 3.63) is 41.5 Å². The first kappa shape index (κ1) is 12.2. The van der Waals surface area contributed by atoms with Crippen molar-refractivity contribution in [2.75, 3.05) is 6.61 Å². The topological polar surface area (TPSA) is 43.4 Å². The van der Waals surface area contributed by atoms with E-state index in [4.69, 9.17) is 4.74 Å². The molecule has 0 heterocycles. The van der Waals surface area contributed by atoms with Gasteiger partial charge in [0.1, 0.15) is 6.29 Å². The minimum Gasteiger partial charge on any atom is -0.463 e. The highest BCUT2D eigenvalue weighted by Gasteiger charge is 1.99. The van der Waals surface area contributed by atoms with E-state index in [0.717, 1.165) is 17.4 Å². The van der Waals surface area contributed by atoms with Crippen molar-refractivity contribution in [1.82, 2.24) is 0 Å². The van der Waals surface area contributed by atoms with Gasteiger partial charge in [0.15, 0.2) is 0 Å². The Morgan fingerprint density at radius 2 is 2.12 bits per heavy atom. The number of carbonyl (C=O) groups is 2. The molecule has 3 heteroatoms. The van der Waals surface area contributed by atoms with Gasteiger partial charge >= 0.3 is 5.97 Å². The van der Waals surface area contributed by atoms with Crippen molar-refractivity contribution in [2.45, 2.75) is 13.3 Å². The number of hydrogen-bond acceptors (Lipinski definition) is 3. The largest absolute Gasteiger partial charge is 0.463 e. The van der Waals surface area contributed by atoms with E-state index < -0.39 is 0 Å². The molecule has 0 fully saturated rings. The predicted molar refractivity (Wildman–Crippen MR) is 61.9 cm³/mol.